The molecule has 2 unspecified atom stereocenters. The van der Waals surface area contributed by atoms with Crippen molar-refractivity contribution in [3.8, 4) is 22.5 Å². The van der Waals surface area contributed by atoms with Crippen LogP contribution in [0.5, 0.6) is 0 Å². The molecule has 0 aliphatic rings. The molecule has 7 nitrogen and oxygen atoms in total. The quantitative estimate of drug-likeness (QED) is 0.337. The second-order valence-corrected chi connectivity index (χ2v) is 7.13. The number of rotatable bonds is 8. The molecule has 4 N–H and O–H groups in total. The van der Waals surface area contributed by atoms with Gasteiger partial charge in [-0.2, -0.15) is 5.48 Å². The lowest BCUT2D eigenvalue weighted by atomic mass is 10.0. The first-order valence-electron chi connectivity index (χ1n) is 9.73. The summed E-state index contributed by atoms with van der Waals surface area (Å²) in [5, 5.41) is 21.2. The number of nitrogens with zero attached hydrogens (tertiary/aromatic N) is 1. The summed E-state index contributed by atoms with van der Waals surface area (Å²) in [6.07, 6.45) is -0.431. The van der Waals surface area contributed by atoms with E-state index < -0.39 is 6.17 Å². The minimum absolute atomic E-state index is 0.122. The highest BCUT2D eigenvalue weighted by atomic mass is 16.5. The molecule has 2 aromatic carbocycles. The van der Waals surface area contributed by atoms with Crippen LogP contribution in [0.3, 0.4) is 0 Å². The van der Waals surface area contributed by atoms with Gasteiger partial charge in [0, 0.05) is 18.2 Å². The molecule has 1 aromatic heterocycles. The van der Waals surface area contributed by atoms with E-state index in [1.807, 2.05) is 49.4 Å². The Morgan fingerprint density at radius 2 is 1.57 bits per heavy atom. The van der Waals surface area contributed by atoms with Gasteiger partial charge in [0.15, 0.2) is 0 Å². The maximum absolute atomic E-state index is 12.8. The minimum Gasteiger partial charge on any atom is -0.459 e. The molecule has 0 bridgehead atoms. The fourth-order valence-corrected chi connectivity index (χ4v) is 3.28. The Labute approximate surface area is 175 Å². The van der Waals surface area contributed by atoms with Crippen molar-refractivity contribution in [2.24, 2.45) is 0 Å². The van der Waals surface area contributed by atoms with Crippen LogP contribution in [0, 0.1) is 0 Å². The summed E-state index contributed by atoms with van der Waals surface area (Å²) in [5.74, 6) is 1.11. The van der Waals surface area contributed by atoms with E-state index in [1.165, 1.54) is 0 Å². The average molecular weight is 409 g/mol. The summed E-state index contributed by atoms with van der Waals surface area (Å²) in [6, 6.07) is 18.7. The van der Waals surface area contributed by atoms with Gasteiger partial charge in [0.05, 0.1) is 6.04 Å². The van der Waals surface area contributed by atoms with Crippen LogP contribution in [0.2, 0.25) is 0 Å². The number of nitrogens with one attached hydrogen (secondary N) is 2. The number of carbonyl (C=O) groups excluding carboxylic acids is 1. The fourth-order valence-electron chi connectivity index (χ4n) is 3.28. The van der Waals surface area contributed by atoms with E-state index in [0.717, 1.165) is 16.7 Å². The molecule has 158 valence electrons. The first kappa shape index (κ1) is 21.7. The highest BCUT2D eigenvalue weighted by molar-refractivity contribution is 5.94. The maximum atomic E-state index is 12.8. The lowest BCUT2D eigenvalue weighted by molar-refractivity contribution is 0.0493. The van der Waals surface area contributed by atoms with Crippen LogP contribution in [0.15, 0.2) is 65.1 Å². The Morgan fingerprint density at radius 1 is 1.00 bits per heavy atom. The van der Waals surface area contributed by atoms with E-state index in [1.54, 1.807) is 37.2 Å². The molecule has 0 aliphatic heterocycles. The first-order valence-corrected chi connectivity index (χ1v) is 9.73. The number of aliphatic hydroxyl groups is 1. The molecule has 0 saturated carbocycles. The summed E-state index contributed by atoms with van der Waals surface area (Å²) >= 11 is 0. The third-order valence-electron chi connectivity index (χ3n) is 5.32. The number of likely N-dealkylation sites (N-methyl/N-ethyl adjacent to an activating group) is 2. The second kappa shape index (κ2) is 9.69. The molecule has 3 rings (SSSR count). The monoisotopic (exact) mass is 409 g/mol. The Morgan fingerprint density at radius 3 is 2.07 bits per heavy atom. The number of furan rings is 1. The van der Waals surface area contributed by atoms with E-state index >= 15 is 0 Å². The van der Waals surface area contributed by atoms with Crippen LogP contribution < -0.4 is 10.8 Å². The lowest BCUT2D eigenvalue weighted by Crippen LogP contribution is -2.54. The number of amides is 1. The summed E-state index contributed by atoms with van der Waals surface area (Å²) < 4.78 is 5.56. The van der Waals surface area contributed by atoms with Crippen molar-refractivity contribution in [2.75, 3.05) is 14.1 Å². The van der Waals surface area contributed by atoms with Gasteiger partial charge in [0.2, 0.25) is 0 Å². The molecular weight excluding hydrogens is 382 g/mol. The number of carbonyl (C=O) groups is 1. The number of hydroxylamine groups is 1. The number of aliphatic hydroxyl groups excluding tert-OH is 1. The van der Waals surface area contributed by atoms with Gasteiger partial charge in [-0.05, 0) is 49.4 Å². The van der Waals surface area contributed by atoms with Gasteiger partial charge in [0.1, 0.15) is 24.3 Å². The Kier molecular flexibility index (Phi) is 7.02. The Bertz CT molecular complexity index is 963. The standard InChI is InChI=1S/C23H27N3O4/c1-15(22(24-2)25-29)26(3)23(28)19-10-6-17(7-11-19)16-4-8-18(9-5-16)21-13-12-20(14-27)30-21/h4-13,15,22,24-25,27,29H,14H2,1-3H3. The normalized spacial score (nSPS) is 13.1. The molecule has 0 saturated heterocycles. The van der Waals surface area contributed by atoms with Crippen LogP contribution in [0.25, 0.3) is 22.5 Å². The highest BCUT2D eigenvalue weighted by Crippen LogP contribution is 2.26. The molecule has 0 fully saturated rings. The highest BCUT2D eigenvalue weighted by Gasteiger charge is 2.23. The van der Waals surface area contributed by atoms with Crippen molar-refractivity contribution in [3.63, 3.8) is 0 Å². The average Bonchev–Trinajstić information content (AvgIpc) is 3.28. The van der Waals surface area contributed by atoms with Gasteiger partial charge in [-0.1, -0.05) is 36.4 Å². The van der Waals surface area contributed by atoms with Gasteiger partial charge >= 0.3 is 0 Å². The van der Waals surface area contributed by atoms with Gasteiger partial charge < -0.3 is 24.9 Å². The Balaban J connectivity index is 1.72. The van der Waals surface area contributed by atoms with E-state index in [0.29, 0.717) is 17.1 Å². The fraction of sp³-hybridized carbons (Fsp3) is 0.261. The third-order valence-corrected chi connectivity index (χ3v) is 5.32. The zero-order valence-electron chi connectivity index (χ0n) is 17.3. The molecule has 1 heterocycles. The van der Waals surface area contributed by atoms with Crippen molar-refractivity contribution in [1.29, 1.82) is 0 Å². The van der Waals surface area contributed by atoms with Crippen LogP contribution in [-0.4, -0.2) is 47.4 Å². The van der Waals surface area contributed by atoms with Crippen LogP contribution >= 0.6 is 0 Å². The molecule has 3 aromatic rings. The van der Waals surface area contributed by atoms with E-state index in [2.05, 4.69) is 10.8 Å². The van der Waals surface area contributed by atoms with Gasteiger partial charge in [0.25, 0.3) is 5.91 Å². The zero-order chi connectivity index (χ0) is 21.7. The summed E-state index contributed by atoms with van der Waals surface area (Å²) in [6.45, 7) is 1.73. The summed E-state index contributed by atoms with van der Waals surface area (Å²) in [4.78, 5) is 14.3. The second-order valence-electron chi connectivity index (χ2n) is 7.13. The number of benzene rings is 2. The van der Waals surface area contributed by atoms with Crippen molar-refractivity contribution in [2.45, 2.75) is 25.7 Å². The largest absolute Gasteiger partial charge is 0.459 e. The van der Waals surface area contributed by atoms with Crippen molar-refractivity contribution < 1.29 is 19.5 Å². The number of hydrogen-bond donors (Lipinski definition) is 4. The topological polar surface area (TPSA) is 98.0 Å². The van der Waals surface area contributed by atoms with Crippen LogP contribution in [0.4, 0.5) is 0 Å². The van der Waals surface area contributed by atoms with E-state index in [-0.39, 0.29) is 18.6 Å². The lowest BCUT2D eigenvalue weighted by Gasteiger charge is -2.31. The van der Waals surface area contributed by atoms with Crippen molar-refractivity contribution >= 4 is 5.91 Å². The molecule has 0 radical (unpaired) electrons. The van der Waals surface area contributed by atoms with E-state index in [9.17, 15) is 10.0 Å². The molecule has 7 heteroatoms. The minimum atomic E-state index is -0.431. The molecule has 0 spiro atoms. The number of hydrogen-bond acceptors (Lipinski definition) is 6. The van der Waals surface area contributed by atoms with E-state index in [4.69, 9.17) is 9.52 Å². The van der Waals surface area contributed by atoms with Crippen LogP contribution in [-0.2, 0) is 6.61 Å². The predicted octanol–water partition coefficient (Wildman–Crippen LogP) is 3.09. The summed E-state index contributed by atoms with van der Waals surface area (Å²) in [5.41, 5.74) is 5.68. The molecule has 30 heavy (non-hydrogen) atoms. The molecular formula is C23H27N3O4. The maximum Gasteiger partial charge on any atom is 0.253 e. The predicted molar refractivity (Wildman–Crippen MR) is 115 cm³/mol. The Hall–Kier alpha value is -2.97. The van der Waals surface area contributed by atoms with Gasteiger partial charge in [-0.3, -0.25) is 4.79 Å². The summed E-state index contributed by atoms with van der Waals surface area (Å²) in [7, 11) is 3.42. The SMILES string of the molecule is CNC(NO)C(C)N(C)C(=O)c1ccc(-c2ccc(-c3ccc(CO)o3)cc2)cc1. The molecule has 2 atom stereocenters. The first-order chi connectivity index (χ1) is 14.5. The van der Waals surface area contributed by atoms with Crippen molar-refractivity contribution in [3.05, 3.63) is 72.0 Å². The van der Waals surface area contributed by atoms with Gasteiger partial charge in [-0.15, -0.1) is 0 Å². The van der Waals surface area contributed by atoms with Crippen molar-refractivity contribution in [1.82, 2.24) is 15.7 Å². The third kappa shape index (κ3) is 4.60. The van der Waals surface area contributed by atoms with Crippen LogP contribution in [0.1, 0.15) is 23.0 Å². The van der Waals surface area contributed by atoms with Gasteiger partial charge in [-0.25, -0.2) is 0 Å². The smallest absolute Gasteiger partial charge is 0.253 e. The molecule has 1 amide bonds. The molecule has 0 aliphatic carbocycles. The zero-order valence-corrected chi connectivity index (χ0v) is 17.3.